The molecule has 0 heterocycles. The van der Waals surface area contributed by atoms with Gasteiger partial charge in [-0.3, -0.25) is 14.4 Å². The number of rotatable bonds is 60. The SMILES string of the molecule is CCCCCCCCCCCCCCCCCCCCCCCCCCCCC(=O)OCC(COC(=O)CCCCCCCCCC)OC(=O)CCCCCCCCCCCCCCCCCCCC. The fourth-order valence-corrected chi connectivity index (χ4v) is 10.0. The topological polar surface area (TPSA) is 78.9 Å². The first-order chi connectivity index (χ1) is 34.5. The van der Waals surface area contributed by atoms with E-state index in [9.17, 15) is 14.4 Å². The van der Waals surface area contributed by atoms with Crippen molar-refractivity contribution in [3.63, 3.8) is 0 Å². The number of unbranched alkanes of at least 4 members (excludes halogenated alkanes) is 49. The largest absolute Gasteiger partial charge is 0.462 e. The predicted molar refractivity (Wildman–Crippen MR) is 303 cm³/mol. The summed E-state index contributed by atoms with van der Waals surface area (Å²) in [5.74, 6) is -0.835. The average molecular weight is 990 g/mol. The molecule has 0 aliphatic heterocycles. The van der Waals surface area contributed by atoms with Crippen LogP contribution >= 0.6 is 0 Å². The van der Waals surface area contributed by atoms with Crippen LogP contribution in [0.15, 0.2) is 0 Å². The zero-order valence-corrected chi connectivity index (χ0v) is 47.8. The Morgan fingerprint density at radius 2 is 0.386 bits per heavy atom. The molecule has 416 valence electrons. The highest BCUT2D eigenvalue weighted by atomic mass is 16.6. The van der Waals surface area contributed by atoms with Gasteiger partial charge in [-0.2, -0.15) is 0 Å². The molecular formula is C64H124O6. The van der Waals surface area contributed by atoms with Crippen LogP contribution in [0.4, 0.5) is 0 Å². The Labute approximate surface area is 438 Å². The Morgan fingerprint density at radius 1 is 0.229 bits per heavy atom. The molecule has 0 fully saturated rings. The molecule has 0 radical (unpaired) electrons. The van der Waals surface area contributed by atoms with Gasteiger partial charge in [0.1, 0.15) is 13.2 Å². The van der Waals surface area contributed by atoms with Crippen LogP contribution in [0.2, 0.25) is 0 Å². The van der Waals surface area contributed by atoms with Crippen molar-refractivity contribution in [2.75, 3.05) is 13.2 Å². The van der Waals surface area contributed by atoms with E-state index in [4.69, 9.17) is 14.2 Å². The minimum atomic E-state index is -0.761. The first kappa shape index (κ1) is 68.4. The summed E-state index contributed by atoms with van der Waals surface area (Å²) in [6.45, 7) is 6.69. The smallest absolute Gasteiger partial charge is 0.306 e. The molecule has 70 heavy (non-hydrogen) atoms. The van der Waals surface area contributed by atoms with E-state index in [1.807, 2.05) is 0 Å². The summed E-state index contributed by atoms with van der Waals surface area (Å²) < 4.78 is 16.9. The fraction of sp³-hybridized carbons (Fsp3) is 0.953. The molecule has 6 heteroatoms. The fourth-order valence-electron chi connectivity index (χ4n) is 10.0. The van der Waals surface area contributed by atoms with E-state index < -0.39 is 6.10 Å². The van der Waals surface area contributed by atoms with Crippen LogP contribution in [0, 0.1) is 0 Å². The monoisotopic (exact) mass is 989 g/mol. The number of carbonyl (C=O) groups excluding carboxylic acids is 3. The maximum atomic E-state index is 12.8. The van der Waals surface area contributed by atoms with Crippen molar-refractivity contribution in [1.82, 2.24) is 0 Å². The molecule has 0 aliphatic rings. The van der Waals surface area contributed by atoms with Gasteiger partial charge in [-0.05, 0) is 19.3 Å². The average Bonchev–Trinajstić information content (AvgIpc) is 3.36. The highest BCUT2D eigenvalue weighted by molar-refractivity contribution is 5.71. The predicted octanol–water partition coefficient (Wildman–Crippen LogP) is 21.5. The van der Waals surface area contributed by atoms with Crippen molar-refractivity contribution in [2.45, 2.75) is 380 Å². The van der Waals surface area contributed by atoms with Gasteiger partial charge in [0.05, 0.1) is 0 Å². The third kappa shape index (κ3) is 57.3. The molecule has 6 nitrogen and oxygen atoms in total. The number of hydrogen-bond donors (Lipinski definition) is 0. The normalized spacial score (nSPS) is 11.9. The second-order valence-corrected chi connectivity index (χ2v) is 22.1. The minimum Gasteiger partial charge on any atom is -0.462 e. The Kier molecular flexibility index (Phi) is 58.6. The first-order valence-electron chi connectivity index (χ1n) is 32.0. The first-order valence-corrected chi connectivity index (χ1v) is 32.0. The minimum absolute atomic E-state index is 0.0613. The summed E-state index contributed by atoms with van der Waals surface area (Å²) >= 11 is 0. The lowest BCUT2D eigenvalue weighted by atomic mass is 10.0. The summed E-state index contributed by atoms with van der Waals surface area (Å²) in [5, 5.41) is 0. The van der Waals surface area contributed by atoms with Crippen LogP contribution < -0.4 is 0 Å². The molecule has 0 saturated carbocycles. The van der Waals surface area contributed by atoms with Gasteiger partial charge in [0, 0.05) is 19.3 Å². The maximum absolute atomic E-state index is 12.8. The molecule has 0 saturated heterocycles. The molecule has 1 unspecified atom stereocenters. The molecule has 0 spiro atoms. The van der Waals surface area contributed by atoms with Crippen molar-refractivity contribution >= 4 is 17.9 Å². The zero-order chi connectivity index (χ0) is 50.7. The van der Waals surface area contributed by atoms with Crippen molar-refractivity contribution < 1.29 is 28.6 Å². The number of hydrogen-bond acceptors (Lipinski definition) is 6. The molecule has 0 amide bonds. The van der Waals surface area contributed by atoms with Gasteiger partial charge in [0.25, 0.3) is 0 Å². The third-order valence-corrected chi connectivity index (χ3v) is 14.9. The van der Waals surface area contributed by atoms with Crippen LogP contribution in [0.5, 0.6) is 0 Å². The third-order valence-electron chi connectivity index (χ3n) is 14.9. The molecule has 0 aromatic heterocycles. The molecule has 0 rings (SSSR count). The molecular weight excluding hydrogens is 865 g/mol. The van der Waals surface area contributed by atoms with E-state index >= 15 is 0 Å². The van der Waals surface area contributed by atoms with Gasteiger partial charge in [0.2, 0.25) is 0 Å². The van der Waals surface area contributed by atoms with Gasteiger partial charge >= 0.3 is 17.9 Å². The maximum Gasteiger partial charge on any atom is 0.306 e. The van der Waals surface area contributed by atoms with E-state index in [1.165, 1.54) is 276 Å². The van der Waals surface area contributed by atoms with Gasteiger partial charge in [-0.15, -0.1) is 0 Å². The standard InChI is InChI=1S/C64H124O6/c1-4-7-10-13-16-19-21-23-25-27-29-30-31-32-33-34-35-36-38-39-41-43-45-48-51-54-57-63(66)69-60-61(59-68-62(65)56-53-50-47-18-15-12-9-6-3)70-64(67)58-55-52-49-46-44-42-40-37-28-26-24-22-20-17-14-11-8-5-2/h61H,4-60H2,1-3H3. The lowest BCUT2D eigenvalue weighted by Gasteiger charge is -2.18. The van der Waals surface area contributed by atoms with E-state index in [-0.39, 0.29) is 31.1 Å². The highest BCUT2D eigenvalue weighted by Crippen LogP contribution is 2.19. The Morgan fingerprint density at radius 3 is 0.571 bits per heavy atom. The van der Waals surface area contributed by atoms with Gasteiger partial charge in [0.15, 0.2) is 6.10 Å². The lowest BCUT2D eigenvalue weighted by molar-refractivity contribution is -0.167. The van der Waals surface area contributed by atoms with Crippen LogP contribution in [0.25, 0.3) is 0 Å². The Bertz CT molecular complexity index is 1040. The number of carbonyl (C=O) groups is 3. The quantitative estimate of drug-likeness (QED) is 0.0343. The summed E-state index contributed by atoms with van der Waals surface area (Å²) in [6.07, 6.45) is 68.5. The number of esters is 3. The van der Waals surface area contributed by atoms with Crippen molar-refractivity contribution in [3.05, 3.63) is 0 Å². The molecule has 0 aromatic rings. The lowest BCUT2D eigenvalue weighted by Crippen LogP contribution is -2.30. The van der Waals surface area contributed by atoms with Crippen molar-refractivity contribution in [1.29, 1.82) is 0 Å². The second kappa shape index (κ2) is 60.0. The second-order valence-electron chi connectivity index (χ2n) is 22.1. The number of ether oxygens (including phenoxy) is 3. The van der Waals surface area contributed by atoms with Crippen LogP contribution in [0.1, 0.15) is 374 Å². The van der Waals surface area contributed by atoms with Crippen LogP contribution in [-0.2, 0) is 28.6 Å². The highest BCUT2D eigenvalue weighted by Gasteiger charge is 2.19. The zero-order valence-electron chi connectivity index (χ0n) is 47.8. The van der Waals surface area contributed by atoms with E-state index in [2.05, 4.69) is 20.8 Å². The molecule has 0 bridgehead atoms. The summed E-state index contributed by atoms with van der Waals surface area (Å²) in [5.41, 5.74) is 0. The summed E-state index contributed by atoms with van der Waals surface area (Å²) in [4.78, 5) is 38.1. The van der Waals surface area contributed by atoms with Gasteiger partial charge in [-0.1, -0.05) is 335 Å². The van der Waals surface area contributed by atoms with E-state index in [0.29, 0.717) is 19.3 Å². The van der Waals surface area contributed by atoms with E-state index in [0.717, 1.165) is 57.8 Å². The van der Waals surface area contributed by atoms with Gasteiger partial charge in [-0.25, -0.2) is 0 Å². The van der Waals surface area contributed by atoms with Crippen LogP contribution in [-0.4, -0.2) is 37.2 Å². The molecule has 0 N–H and O–H groups in total. The molecule has 0 aromatic carbocycles. The summed E-state index contributed by atoms with van der Waals surface area (Å²) in [6, 6.07) is 0. The van der Waals surface area contributed by atoms with Gasteiger partial charge < -0.3 is 14.2 Å². The van der Waals surface area contributed by atoms with Crippen LogP contribution in [0.3, 0.4) is 0 Å². The molecule has 0 aliphatic carbocycles. The van der Waals surface area contributed by atoms with Crippen molar-refractivity contribution in [2.24, 2.45) is 0 Å². The Hall–Kier alpha value is -1.59. The van der Waals surface area contributed by atoms with Crippen molar-refractivity contribution in [3.8, 4) is 0 Å². The Balaban J connectivity index is 4.06. The summed E-state index contributed by atoms with van der Waals surface area (Å²) in [7, 11) is 0. The molecule has 1 atom stereocenters. The van der Waals surface area contributed by atoms with E-state index in [1.54, 1.807) is 0 Å².